The normalized spacial score (nSPS) is 49.3. The maximum Gasteiger partial charge on any atom is 0.312 e. The number of carbonyl (C=O) groups excluding carboxylic acids is 1. The topological polar surface area (TPSA) is 35.5 Å². The van der Waals surface area contributed by atoms with Crippen LogP contribution in [-0.4, -0.2) is 24.3 Å². The third kappa shape index (κ3) is 0.915. The van der Waals surface area contributed by atoms with Crippen LogP contribution in [0.15, 0.2) is 11.1 Å². The third-order valence-corrected chi connectivity index (χ3v) is 4.74. The molecular weight excluding hydrogens is 204 g/mol. The van der Waals surface area contributed by atoms with Gasteiger partial charge in [-0.15, -0.1) is 0 Å². The van der Waals surface area contributed by atoms with E-state index in [0.29, 0.717) is 5.92 Å². The zero-order chi connectivity index (χ0) is 10.9. The molecule has 0 amide bonds. The monoisotopic (exact) mass is 220 g/mol. The van der Waals surface area contributed by atoms with Crippen LogP contribution in [0.1, 0.15) is 32.6 Å². The Morgan fingerprint density at radius 2 is 1.81 bits per heavy atom. The molecule has 0 spiro atoms. The second-order valence-electron chi connectivity index (χ2n) is 5.48. The van der Waals surface area contributed by atoms with Crippen molar-refractivity contribution >= 4 is 5.97 Å². The average molecular weight is 220 g/mol. The minimum atomic E-state index is -0.0258. The van der Waals surface area contributed by atoms with Gasteiger partial charge in [0, 0.05) is 5.92 Å². The van der Waals surface area contributed by atoms with Crippen LogP contribution in [0.3, 0.4) is 0 Å². The van der Waals surface area contributed by atoms with E-state index in [1.165, 1.54) is 30.4 Å². The number of rotatable bonds is 0. The molecule has 2 bridgehead atoms. The fourth-order valence-corrected chi connectivity index (χ4v) is 4.10. The summed E-state index contributed by atoms with van der Waals surface area (Å²) >= 11 is 0. The fraction of sp³-hybridized carbons (Fsp3) is 0.769. The van der Waals surface area contributed by atoms with Crippen LogP contribution in [0.25, 0.3) is 0 Å². The van der Waals surface area contributed by atoms with Gasteiger partial charge in [0.15, 0.2) is 0 Å². The van der Waals surface area contributed by atoms with Gasteiger partial charge in [-0.1, -0.05) is 0 Å². The molecule has 0 aromatic carbocycles. The van der Waals surface area contributed by atoms with Gasteiger partial charge in [0.2, 0.25) is 0 Å². The zero-order valence-electron chi connectivity index (χ0n) is 9.44. The largest absolute Gasteiger partial charge is 0.462 e. The Morgan fingerprint density at radius 1 is 1.12 bits per heavy atom. The molecule has 0 saturated carbocycles. The van der Waals surface area contributed by atoms with E-state index >= 15 is 0 Å². The summed E-state index contributed by atoms with van der Waals surface area (Å²) in [5, 5.41) is 0. The molecule has 3 heteroatoms. The van der Waals surface area contributed by atoms with Crippen LogP contribution < -0.4 is 0 Å². The Balaban J connectivity index is 1.79. The third-order valence-electron chi connectivity index (χ3n) is 4.74. The Bertz CT molecular complexity index is 398. The highest BCUT2D eigenvalue weighted by Gasteiger charge is 2.62. The Kier molecular flexibility index (Phi) is 1.67. The Hall–Kier alpha value is -0.830. The lowest BCUT2D eigenvalue weighted by atomic mass is 9.71. The molecule has 3 aliphatic heterocycles. The lowest BCUT2D eigenvalue weighted by Gasteiger charge is -2.28. The summed E-state index contributed by atoms with van der Waals surface area (Å²) in [5.74, 6) is 0.285. The molecule has 86 valence electrons. The number of ether oxygens (including phenoxy) is 2. The Morgan fingerprint density at radius 3 is 2.56 bits per heavy atom. The molecule has 0 radical (unpaired) electrons. The summed E-state index contributed by atoms with van der Waals surface area (Å²) in [6.45, 7) is 2.01. The van der Waals surface area contributed by atoms with Gasteiger partial charge in [0.05, 0.1) is 18.1 Å². The van der Waals surface area contributed by atoms with Crippen molar-refractivity contribution < 1.29 is 14.3 Å². The van der Waals surface area contributed by atoms with E-state index in [-0.39, 0.29) is 30.2 Å². The maximum absolute atomic E-state index is 11.8. The molecule has 3 heterocycles. The minimum absolute atomic E-state index is 0.0110. The van der Waals surface area contributed by atoms with E-state index in [0.717, 1.165) is 6.42 Å². The van der Waals surface area contributed by atoms with E-state index in [1.54, 1.807) is 0 Å². The van der Waals surface area contributed by atoms with E-state index in [9.17, 15) is 4.79 Å². The van der Waals surface area contributed by atoms with E-state index in [4.69, 9.17) is 9.47 Å². The molecule has 0 aromatic heterocycles. The molecule has 4 aliphatic rings. The SMILES string of the molecule is C[C@@H]1OC(=O)[C@@H]2[C@@H]1[C@@H]1O[C@H]2C2=C1CCCC2. The summed E-state index contributed by atoms with van der Waals surface area (Å²) < 4.78 is 11.4. The zero-order valence-corrected chi connectivity index (χ0v) is 9.44. The predicted molar refractivity (Wildman–Crippen MR) is 56.7 cm³/mol. The molecule has 0 N–H and O–H groups in total. The second kappa shape index (κ2) is 2.89. The molecular formula is C13H16O3. The number of fused-ring (bicyclic) bond motifs is 7. The van der Waals surface area contributed by atoms with Crippen LogP contribution in [0.5, 0.6) is 0 Å². The Labute approximate surface area is 94.8 Å². The lowest BCUT2D eigenvalue weighted by molar-refractivity contribution is -0.146. The first-order valence-corrected chi connectivity index (χ1v) is 6.35. The van der Waals surface area contributed by atoms with Gasteiger partial charge >= 0.3 is 5.97 Å². The quantitative estimate of drug-likeness (QED) is 0.461. The van der Waals surface area contributed by atoms with Crippen molar-refractivity contribution in [3.63, 3.8) is 0 Å². The fourth-order valence-electron chi connectivity index (χ4n) is 4.10. The summed E-state index contributed by atoms with van der Waals surface area (Å²) in [5.41, 5.74) is 2.96. The lowest BCUT2D eigenvalue weighted by Crippen LogP contribution is -2.33. The van der Waals surface area contributed by atoms with Gasteiger partial charge in [-0.25, -0.2) is 0 Å². The average Bonchev–Trinajstić information content (AvgIpc) is 2.91. The van der Waals surface area contributed by atoms with Crippen LogP contribution in [0.2, 0.25) is 0 Å². The van der Waals surface area contributed by atoms with Gasteiger partial charge in [0.1, 0.15) is 6.10 Å². The highest BCUT2D eigenvalue weighted by Crippen LogP contribution is 2.55. The van der Waals surface area contributed by atoms with Crippen molar-refractivity contribution in [1.82, 2.24) is 0 Å². The minimum Gasteiger partial charge on any atom is -0.462 e. The van der Waals surface area contributed by atoms with Gasteiger partial charge in [-0.3, -0.25) is 4.79 Å². The number of esters is 1. The number of hydrogen-bond acceptors (Lipinski definition) is 3. The molecule has 2 saturated heterocycles. The highest BCUT2D eigenvalue weighted by atomic mass is 16.6. The van der Waals surface area contributed by atoms with E-state index < -0.39 is 0 Å². The first-order chi connectivity index (χ1) is 7.77. The number of cyclic esters (lactones) is 1. The van der Waals surface area contributed by atoms with E-state index in [1.807, 2.05) is 6.92 Å². The standard InChI is InChI=1S/C13H16O3/c1-6-9-10(13(14)15-6)12-8-5-3-2-4-7(8)11(9)16-12/h6,9-12H,2-5H2,1H3/t6-,9+,10+,11+,12-/m0/s1. The van der Waals surface area contributed by atoms with Gasteiger partial charge in [-0.2, -0.15) is 0 Å². The smallest absolute Gasteiger partial charge is 0.312 e. The van der Waals surface area contributed by atoms with Crippen LogP contribution in [-0.2, 0) is 14.3 Å². The molecule has 5 atom stereocenters. The van der Waals surface area contributed by atoms with Crippen molar-refractivity contribution in [2.45, 2.75) is 50.9 Å². The van der Waals surface area contributed by atoms with Crippen molar-refractivity contribution in [2.24, 2.45) is 11.8 Å². The molecule has 3 nitrogen and oxygen atoms in total. The number of hydrogen-bond donors (Lipinski definition) is 0. The molecule has 16 heavy (non-hydrogen) atoms. The van der Waals surface area contributed by atoms with Gasteiger partial charge in [-0.05, 0) is 43.8 Å². The highest BCUT2D eigenvalue weighted by molar-refractivity contribution is 5.78. The first-order valence-electron chi connectivity index (χ1n) is 6.35. The molecule has 0 unspecified atom stereocenters. The maximum atomic E-state index is 11.8. The first kappa shape index (κ1) is 9.23. The molecule has 4 rings (SSSR count). The predicted octanol–water partition coefficient (Wildman–Crippen LogP) is 1.82. The second-order valence-corrected chi connectivity index (χ2v) is 5.48. The summed E-state index contributed by atoms with van der Waals surface area (Å²) in [4.78, 5) is 11.8. The summed E-state index contributed by atoms with van der Waals surface area (Å²) in [6.07, 6.45) is 5.18. The van der Waals surface area contributed by atoms with Gasteiger partial charge in [0.25, 0.3) is 0 Å². The van der Waals surface area contributed by atoms with Crippen molar-refractivity contribution in [3.05, 3.63) is 11.1 Å². The van der Waals surface area contributed by atoms with Crippen molar-refractivity contribution in [1.29, 1.82) is 0 Å². The van der Waals surface area contributed by atoms with Gasteiger partial charge < -0.3 is 9.47 Å². The van der Waals surface area contributed by atoms with Crippen LogP contribution in [0, 0.1) is 11.8 Å². The van der Waals surface area contributed by atoms with Crippen LogP contribution in [0.4, 0.5) is 0 Å². The molecule has 1 aliphatic carbocycles. The van der Waals surface area contributed by atoms with Crippen LogP contribution >= 0.6 is 0 Å². The molecule has 2 fully saturated rings. The van der Waals surface area contributed by atoms with Crippen molar-refractivity contribution in [2.75, 3.05) is 0 Å². The number of carbonyl (C=O) groups is 1. The van der Waals surface area contributed by atoms with E-state index in [2.05, 4.69) is 0 Å². The summed E-state index contributed by atoms with van der Waals surface area (Å²) in [7, 11) is 0. The van der Waals surface area contributed by atoms with Crippen molar-refractivity contribution in [3.8, 4) is 0 Å². The molecule has 0 aromatic rings. The summed E-state index contributed by atoms with van der Waals surface area (Å²) in [6, 6.07) is 0.